The molecule has 1 aromatic heterocycles. The smallest absolute Gasteiger partial charge is 0.326 e. The lowest BCUT2D eigenvalue weighted by Gasteiger charge is -2.29. The van der Waals surface area contributed by atoms with Crippen molar-refractivity contribution in [3.8, 4) is 0 Å². The number of hydrogen-bond donors (Lipinski definition) is 12. The third kappa shape index (κ3) is 15.7. The molecule has 7 atom stereocenters. The topological polar surface area (TPSA) is 445 Å². The molecule has 63 heavy (non-hydrogen) atoms. The minimum Gasteiger partial charge on any atom is -0.481 e. The number of amides is 10. The summed E-state index contributed by atoms with van der Waals surface area (Å²) in [5, 5.41) is 30.5. The van der Waals surface area contributed by atoms with Gasteiger partial charge in [0.25, 0.3) is 0 Å². The fourth-order valence-corrected chi connectivity index (χ4v) is 6.94. The molecular formula is C36H53N13O14. The number of nitrogens with one attached hydrogen (secondary N) is 6. The van der Waals surface area contributed by atoms with Crippen molar-refractivity contribution in [1.29, 1.82) is 0 Å². The molecule has 0 spiro atoms. The average Bonchev–Trinajstić information content (AvgIpc) is 4.02. The molecule has 2 saturated heterocycles. The molecule has 27 heteroatoms. The van der Waals surface area contributed by atoms with Crippen LogP contribution in [0.4, 0.5) is 0 Å². The highest BCUT2D eigenvalue weighted by atomic mass is 16.4. The molecule has 346 valence electrons. The lowest BCUT2D eigenvalue weighted by atomic mass is 10.1. The van der Waals surface area contributed by atoms with Gasteiger partial charge in [-0.1, -0.05) is 0 Å². The first-order valence-corrected chi connectivity index (χ1v) is 19.8. The summed E-state index contributed by atoms with van der Waals surface area (Å²) in [4.78, 5) is 160. The molecular weight excluding hydrogens is 838 g/mol. The summed E-state index contributed by atoms with van der Waals surface area (Å²) in [6.45, 7) is -0.801. The van der Waals surface area contributed by atoms with Crippen molar-refractivity contribution in [2.45, 2.75) is 113 Å². The highest BCUT2D eigenvalue weighted by Crippen LogP contribution is 2.21. The number of carboxylic acid groups (broad SMARTS) is 2. The Morgan fingerprint density at radius 3 is 1.78 bits per heavy atom. The van der Waals surface area contributed by atoms with Gasteiger partial charge in [0.1, 0.15) is 36.3 Å². The van der Waals surface area contributed by atoms with Crippen molar-refractivity contribution >= 4 is 71.0 Å². The zero-order chi connectivity index (χ0) is 47.0. The van der Waals surface area contributed by atoms with Crippen molar-refractivity contribution in [2.75, 3.05) is 19.6 Å². The van der Waals surface area contributed by atoms with Crippen LogP contribution in [0.2, 0.25) is 0 Å². The largest absolute Gasteiger partial charge is 0.481 e. The van der Waals surface area contributed by atoms with E-state index in [-0.39, 0.29) is 51.6 Å². The summed E-state index contributed by atoms with van der Waals surface area (Å²) < 4.78 is 0. The van der Waals surface area contributed by atoms with Gasteiger partial charge in [0.2, 0.25) is 59.1 Å². The molecule has 3 rings (SSSR count). The fourth-order valence-electron chi connectivity index (χ4n) is 6.94. The SMILES string of the molecule is NC(=O)CCC(N)C(=O)N1CCCC1C(=O)NC(CC(N)=O)C(=O)NC(CC(=O)O)C(=O)NCC(=O)NC(CCC(N)=O)C(=O)N1CCCC1C(=O)NC(Cc1cnc[nH]1)C(=O)O. The van der Waals surface area contributed by atoms with Crippen LogP contribution in [0.15, 0.2) is 12.5 Å². The number of likely N-dealkylation sites (tertiary alicyclic amines) is 2. The summed E-state index contributed by atoms with van der Waals surface area (Å²) in [5.41, 5.74) is 22.0. The fraction of sp³-hybridized carbons (Fsp3) is 0.583. The number of H-pyrrole nitrogens is 1. The Labute approximate surface area is 358 Å². The second-order valence-electron chi connectivity index (χ2n) is 14.9. The summed E-state index contributed by atoms with van der Waals surface area (Å²) in [5.74, 6) is -12.3. The lowest BCUT2D eigenvalue weighted by Crippen LogP contribution is -2.59. The van der Waals surface area contributed by atoms with E-state index in [1.165, 1.54) is 12.5 Å². The van der Waals surface area contributed by atoms with Crippen molar-refractivity contribution in [1.82, 2.24) is 46.4 Å². The van der Waals surface area contributed by atoms with Crippen molar-refractivity contribution in [3.05, 3.63) is 18.2 Å². The number of imidazole rings is 1. The van der Waals surface area contributed by atoms with Crippen molar-refractivity contribution < 1.29 is 67.7 Å². The highest BCUT2D eigenvalue weighted by Gasteiger charge is 2.40. The van der Waals surface area contributed by atoms with E-state index in [9.17, 15) is 67.7 Å². The Morgan fingerprint density at radius 2 is 1.25 bits per heavy atom. The molecule has 2 aliphatic heterocycles. The summed E-state index contributed by atoms with van der Waals surface area (Å²) in [7, 11) is 0. The molecule has 2 aliphatic rings. The van der Waals surface area contributed by atoms with Gasteiger partial charge in [-0.05, 0) is 38.5 Å². The molecule has 7 unspecified atom stereocenters. The van der Waals surface area contributed by atoms with E-state index in [1.807, 2.05) is 0 Å². The van der Waals surface area contributed by atoms with Gasteiger partial charge in [0.15, 0.2) is 0 Å². The number of rotatable bonds is 25. The van der Waals surface area contributed by atoms with Crippen LogP contribution < -0.4 is 49.5 Å². The third-order valence-corrected chi connectivity index (χ3v) is 10.1. The summed E-state index contributed by atoms with van der Waals surface area (Å²) >= 11 is 0. The third-order valence-electron chi connectivity index (χ3n) is 10.1. The molecule has 0 aromatic carbocycles. The Hall–Kier alpha value is -7.19. The highest BCUT2D eigenvalue weighted by molar-refractivity contribution is 5.99. The monoisotopic (exact) mass is 891 g/mol. The van der Waals surface area contributed by atoms with E-state index in [1.54, 1.807) is 0 Å². The number of aromatic amines is 1. The van der Waals surface area contributed by atoms with Gasteiger partial charge in [-0.3, -0.25) is 52.7 Å². The van der Waals surface area contributed by atoms with Gasteiger partial charge in [-0.25, -0.2) is 9.78 Å². The molecule has 27 nitrogen and oxygen atoms in total. The van der Waals surface area contributed by atoms with Crippen LogP contribution in [0.3, 0.4) is 0 Å². The second kappa shape index (κ2) is 23.7. The first-order valence-electron chi connectivity index (χ1n) is 19.8. The Balaban J connectivity index is 1.67. The number of carbonyl (C=O) groups excluding carboxylic acids is 10. The van der Waals surface area contributed by atoms with Crippen LogP contribution >= 0.6 is 0 Å². The van der Waals surface area contributed by atoms with Gasteiger partial charge < -0.3 is 74.5 Å². The van der Waals surface area contributed by atoms with E-state index >= 15 is 0 Å². The summed E-state index contributed by atoms with van der Waals surface area (Å²) in [6.07, 6.45) is 0.552. The normalized spacial score (nSPS) is 18.1. The maximum atomic E-state index is 13.8. The maximum absolute atomic E-state index is 13.8. The van der Waals surface area contributed by atoms with Crippen LogP contribution in [0.5, 0.6) is 0 Å². The molecule has 1 aromatic rings. The molecule has 16 N–H and O–H groups in total. The molecule has 2 fully saturated rings. The van der Waals surface area contributed by atoms with Gasteiger partial charge in [0.05, 0.1) is 31.8 Å². The second-order valence-corrected chi connectivity index (χ2v) is 14.9. The quantitative estimate of drug-likeness (QED) is 0.0434. The molecule has 3 heterocycles. The van der Waals surface area contributed by atoms with Crippen molar-refractivity contribution in [2.24, 2.45) is 22.9 Å². The van der Waals surface area contributed by atoms with E-state index in [0.29, 0.717) is 18.5 Å². The Bertz CT molecular complexity index is 1910. The average molecular weight is 892 g/mol. The molecule has 10 amide bonds. The Morgan fingerprint density at radius 1 is 0.698 bits per heavy atom. The van der Waals surface area contributed by atoms with E-state index in [2.05, 4.69) is 36.6 Å². The Kier molecular flexibility index (Phi) is 18.9. The van der Waals surface area contributed by atoms with E-state index in [4.69, 9.17) is 22.9 Å². The standard InChI is InChI=1S/C36H53N13O14/c37-18(5-7-25(38)50)34(60)48-9-1-3-23(48)32(58)46-20(12-27(40)52)31(57)45-21(13-29(54)55)30(56)42-15-28(53)44-19(6-8-26(39)51)35(61)49-10-2-4-24(49)33(59)47-22(36(62)63)11-17-14-41-16-43-17/h14,16,18-24H,1-13,15,37H2,(H2,38,50)(H2,39,51)(H2,40,52)(H,41,43)(H,42,56)(H,44,53)(H,45,57)(H,46,58)(H,47,59)(H,54,55)(H,62,63). The predicted octanol–water partition coefficient (Wildman–Crippen LogP) is -6.72. The van der Waals surface area contributed by atoms with E-state index in [0.717, 1.165) is 9.80 Å². The number of carbonyl (C=O) groups is 12. The van der Waals surface area contributed by atoms with Crippen LogP contribution in [0, 0.1) is 0 Å². The predicted molar refractivity (Wildman–Crippen MR) is 211 cm³/mol. The van der Waals surface area contributed by atoms with Crippen molar-refractivity contribution in [3.63, 3.8) is 0 Å². The van der Waals surface area contributed by atoms with Gasteiger partial charge in [-0.15, -0.1) is 0 Å². The molecule has 0 aliphatic carbocycles. The number of aromatic nitrogens is 2. The lowest BCUT2D eigenvalue weighted by molar-refractivity contribution is -0.145. The number of nitrogens with two attached hydrogens (primary N) is 4. The number of nitrogens with zero attached hydrogens (tertiary/aromatic N) is 3. The zero-order valence-corrected chi connectivity index (χ0v) is 34.0. The number of primary amides is 3. The van der Waals surface area contributed by atoms with Crippen LogP contribution in [0.1, 0.15) is 69.9 Å². The summed E-state index contributed by atoms with van der Waals surface area (Å²) in [6, 6.07) is -10.1. The molecule has 0 radical (unpaired) electrons. The van der Waals surface area contributed by atoms with Gasteiger partial charge >= 0.3 is 11.9 Å². The maximum Gasteiger partial charge on any atom is 0.326 e. The van der Waals surface area contributed by atoms with Gasteiger partial charge in [0, 0.05) is 44.2 Å². The van der Waals surface area contributed by atoms with Crippen LogP contribution in [0.25, 0.3) is 0 Å². The number of hydrogen-bond acceptors (Lipinski definition) is 14. The minimum atomic E-state index is -1.91. The first kappa shape index (κ1) is 50.2. The minimum absolute atomic E-state index is 0.0201. The number of aliphatic carboxylic acids is 2. The molecule has 0 bridgehead atoms. The zero-order valence-electron chi connectivity index (χ0n) is 34.0. The van der Waals surface area contributed by atoms with Crippen LogP contribution in [-0.2, 0) is 64.0 Å². The first-order chi connectivity index (χ1) is 29.7. The van der Waals surface area contributed by atoms with Crippen LogP contribution in [-0.4, -0.2) is 163 Å². The molecule has 0 saturated carbocycles. The van der Waals surface area contributed by atoms with Gasteiger partial charge in [-0.2, -0.15) is 0 Å². The van der Waals surface area contributed by atoms with E-state index < -0.39 is 139 Å². The number of carboxylic acids is 2.